The number of nitrogens with zero attached hydrogens (tertiary/aromatic N) is 2. The number of aryl methyl sites for hydroxylation is 2. The van der Waals surface area contributed by atoms with Crippen LogP contribution in [0.5, 0.6) is 11.5 Å². The number of ether oxygens (including phenoxy) is 1. The van der Waals surface area contributed by atoms with Gasteiger partial charge in [-0.15, -0.1) is 0 Å². The number of benzene rings is 3. The summed E-state index contributed by atoms with van der Waals surface area (Å²) < 4.78 is 19.0. The summed E-state index contributed by atoms with van der Waals surface area (Å²) >= 11 is 0. The van der Waals surface area contributed by atoms with Crippen LogP contribution in [0.4, 0.5) is 16.2 Å². The molecule has 0 aliphatic rings. The van der Waals surface area contributed by atoms with Crippen LogP contribution in [0.3, 0.4) is 0 Å². The predicted octanol–water partition coefficient (Wildman–Crippen LogP) is 5.01. The van der Waals surface area contributed by atoms with Crippen molar-refractivity contribution < 1.29 is 9.13 Å². The molecule has 0 aliphatic heterocycles. The maximum Gasteiger partial charge on any atom is 0.222 e. The van der Waals surface area contributed by atoms with Crippen LogP contribution < -0.4 is 16.2 Å². The topological polar surface area (TPSA) is 87.0 Å². The Labute approximate surface area is 161 Å². The Morgan fingerprint density at radius 2 is 1.61 bits per heavy atom. The van der Waals surface area contributed by atoms with Gasteiger partial charge in [-0.2, -0.15) is 4.98 Å². The number of rotatable bonds is 3. The van der Waals surface area contributed by atoms with Crippen molar-refractivity contribution in [2.75, 3.05) is 11.5 Å². The Morgan fingerprint density at radius 3 is 2.36 bits per heavy atom. The van der Waals surface area contributed by atoms with Gasteiger partial charge in [0.25, 0.3) is 0 Å². The fraction of sp³-hybridized carbons (Fsp3) is 0.0909. The van der Waals surface area contributed by atoms with E-state index < -0.39 is 0 Å². The lowest BCUT2D eigenvalue weighted by atomic mass is 9.96. The van der Waals surface area contributed by atoms with Gasteiger partial charge in [0.2, 0.25) is 5.95 Å². The monoisotopic (exact) mass is 374 g/mol. The number of anilines is 2. The molecule has 0 aliphatic carbocycles. The summed E-state index contributed by atoms with van der Waals surface area (Å²) in [6.45, 7) is 3.98. The van der Waals surface area contributed by atoms with Gasteiger partial charge < -0.3 is 16.2 Å². The molecular weight excluding hydrogens is 355 g/mol. The Kier molecular flexibility index (Phi) is 4.31. The van der Waals surface area contributed by atoms with E-state index in [-0.39, 0.29) is 11.8 Å². The van der Waals surface area contributed by atoms with E-state index in [0.717, 1.165) is 27.6 Å². The summed E-state index contributed by atoms with van der Waals surface area (Å²) in [6, 6.07) is 15.7. The maximum absolute atomic E-state index is 13.1. The molecule has 0 unspecified atom stereocenters. The van der Waals surface area contributed by atoms with Crippen molar-refractivity contribution in [1.29, 1.82) is 0 Å². The van der Waals surface area contributed by atoms with Crippen molar-refractivity contribution >= 4 is 22.7 Å². The van der Waals surface area contributed by atoms with E-state index in [1.807, 2.05) is 38.1 Å². The SMILES string of the molecule is Cc1cc(Oc2ccc(F)cc2)cc(-c2ccc3nc(N)nc(N)c3c2C)c1. The molecule has 1 heterocycles. The van der Waals surface area contributed by atoms with E-state index >= 15 is 0 Å². The van der Waals surface area contributed by atoms with Gasteiger partial charge in [-0.1, -0.05) is 12.1 Å². The van der Waals surface area contributed by atoms with Gasteiger partial charge in [0.1, 0.15) is 23.1 Å². The number of nitrogens with two attached hydrogens (primary N) is 2. The highest BCUT2D eigenvalue weighted by Crippen LogP contribution is 2.35. The summed E-state index contributed by atoms with van der Waals surface area (Å²) in [5, 5.41) is 0.786. The number of halogens is 1. The molecule has 0 fully saturated rings. The predicted molar refractivity (Wildman–Crippen MR) is 110 cm³/mol. The molecule has 3 aromatic carbocycles. The van der Waals surface area contributed by atoms with Gasteiger partial charge in [0, 0.05) is 5.39 Å². The van der Waals surface area contributed by atoms with Crippen molar-refractivity contribution in [3.63, 3.8) is 0 Å². The molecule has 4 aromatic rings. The van der Waals surface area contributed by atoms with Gasteiger partial charge in [-0.3, -0.25) is 0 Å². The zero-order valence-corrected chi connectivity index (χ0v) is 15.5. The largest absolute Gasteiger partial charge is 0.457 e. The van der Waals surface area contributed by atoms with E-state index in [2.05, 4.69) is 16.0 Å². The normalized spacial score (nSPS) is 11.0. The lowest BCUT2D eigenvalue weighted by Gasteiger charge is -2.14. The summed E-state index contributed by atoms with van der Waals surface area (Å²) in [5.74, 6) is 1.45. The highest BCUT2D eigenvalue weighted by Gasteiger charge is 2.12. The molecule has 28 heavy (non-hydrogen) atoms. The lowest BCUT2D eigenvalue weighted by Crippen LogP contribution is -2.02. The second-order valence-corrected chi connectivity index (χ2v) is 6.69. The Balaban J connectivity index is 1.80. The minimum Gasteiger partial charge on any atom is -0.457 e. The highest BCUT2D eigenvalue weighted by molar-refractivity contribution is 5.96. The van der Waals surface area contributed by atoms with Crippen LogP contribution in [-0.4, -0.2) is 9.97 Å². The molecule has 0 radical (unpaired) electrons. The Hall–Kier alpha value is -3.67. The van der Waals surface area contributed by atoms with Crippen LogP contribution in [0.15, 0.2) is 54.6 Å². The third-order valence-corrected chi connectivity index (χ3v) is 4.58. The Bertz CT molecular complexity index is 1190. The van der Waals surface area contributed by atoms with Gasteiger partial charge in [-0.05, 0) is 78.6 Å². The second-order valence-electron chi connectivity index (χ2n) is 6.69. The number of hydrogen-bond acceptors (Lipinski definition) is 5. The average molecular weight is 374 g/mol. The van der Waals surface area contributed by atoms with E-state index in [1.165, 1.54) is 12.1 Å². The van der Waals surface area contributed by atoms with E-state index in [9.17, 15) is 4.39 Å². The average Bonchev–Trinajstić information content (AvgIpc) is 2.63. The standard InChI is InChI=1S/C22H19FN4O/c1-12-9-14(11-17(10-12)28-16-5-3-15(23)4-6-16)18-7-8-19-20(13(18)2)21(24)27-22(25)26-19/h3-11H,1-2H3,(H4,24,25,26,27). The van der Waals surface area contributed by atoms with Crippen molar-refractivity contribution in [3.05, 3.63) is 71.5 Å². The van der Waals surface area contributed by atoms with E-state index in [0.29, 0.717) is 22.8 Å². The van der Waals surface area contributed by atoms with Crippen molar-refractivity contribution in [3.8, 4) is 22.6 Å². The first-order chi connectivity index (χ1) is 13.4. The van der Waals surface area contributed by atoms with Gasteiger partial charge >= 0.3 is 0 Å². The molecule has 0 atom stereocenters. The molecule has 6 heteroatoms. The summed E-state index contributed by atoms with van der Waals surface area (Å²) in [6.07, 6.45) is 0. The molecule has 1 aromatic heterocycles. The minimum atomic E-state index is -0.301. The maximum atomic E-state index is 13.1. The third-order valence-electron chi connectivity index (χ3n) is 4.58. The second kappa shape index (κ2) is 6.81. The fourth-order valence-corrected chi connectivity index (χ4v) is 3.36. The summed E-state index contributed by atoms with van der Waals surface area (Å²) in [7, 11) is 0. The highest BCUT2D eigenvalue weighted by atomic mass is 19.1. The van der Waals surface area contributed by atoms with E-state index in [1.54, 1.807) is 12.1 Å². The zero-order valence-electron chi connectivity index (χ0n) is 15.5. The number of nitrogen functional groups attached to an aromatic ring is 2. The first kappa shape index (κ1) is 17.7. The fourth-order valence-electron chi connectivity index (χ4n) is 3.36. The molecule has 0 saturated carbocycles. The minimum absolute atomic E-state index is 0.155. The first-order valence-corrected chi connectivity index (χ1v) is 8.78. The first-order valence-electron chi connectivity index (χ1n) is 8.78. The van der Waals surface area contributed by atoms with Crippen LogP contribution in [-0.2, 0) is 0 Å². The molecule has 0 amide bonds. The van der Waals surface area contributed by atoms with Crippen LogP contribution >= 0.6 is 0 Å². The lowest BCUT2D eigenvalue weighted by molar-refractivity contribution is 0.480. The van der Waals surface area contributed by atoms with Gasteiger partial charge in [0.15, 0.2) is 0 Å². The van der Waals surface area contributed by atoms with Crippen LogP contribution in [0.2, 0.25) is 0 Å². The summed E-state index contributed by atoms with van der Waals surface area (Å²) in [5.41, 5.74) is 16.5. The molecule has 4 rings (SSSR count). The molecule has 0 bridgehead atoms. The van der Waals surface area contributed by atoms with Gasteiger partial charge in [-0.25, -0.2) is 9.37 Å². The van der Waals surface area contributed by atoms with Crippen molar-refractivity contribution in [2.24, 2.45) is 0 Å². The molecular formula is C22H19FN4O. The number of hydrogen-bond donors (Lipinski definition) is 2. The molecule has 140 valence electrons. The summed E-state index contributed by atoms with van der Waals surface area (Å²) in [4.78, 5) is 8.35. The quantitative estimate of drug-likeness (QED) is 0.526. The molecule has 0 saturated heterocycles. The smallest absolute Gasteiger partial charge is 0.222 e. The molecule has 0 spiro atoms. The van der Waals surface area contributed by atoms with Crippen LogP contribution in [0.1, 0.15) is 11.1 Å². The third kappa shape index (κ3) is 3.32. The Morgan fingerprint density at radius 1 is 0.857 bits per heavy atom. The number of aromatic nitrogens is 2. The number of fused-ring (bicyclic) bond motifs is 1. The zero-order chi connectivity index (χ0) is 19.8. The molecule has 5 nitrogen and oxygen atoms in total. The van der Waals surface area contributed by atoms with Gasteiger partial charge in [0.05, 0.1) is 5.52 Å². The van der Waals surface area contributed by atoms with Crippen molar-refractivity contribution in [1.82, 2.24) is 9.97 Å². The van der Waals surface area contributed by atoms with Crippen LogP contribution in [0.25, 0.3) is 22.0 Å². The van der Waals surface area contributed by atoms with Crippen molar-refractivity contribution in [2.45, 2.75) is 13.8 Å². The molecule has 4 N–H and O–H groups in total. The van der Waals surface area contributed by atoms with E-state index in [4.69, 9.17) is 16.2 Å². The van der Waals surface area contributed by atoms with Crippen LogP contribution in [0, 0.1) is 19.7 Å².